The number of hydrogen-bond acceptors (Lipinski definition) is 0. The Bertz CT molecular complexity index is 74.0. The molecular formula is C5H9P. The van der Waals surface area contributed by atoms with Gasteiger partial charge in [0.2, 0.25) is 0 Å². The molecule has 1 rings (SSSR count). The van der Waals surface area contributed by atoms with Gasteiger partial charge in [0.25, 0.3) is 0 Å². The Kier molecular flexibility index (Phi) is 1.26. The number of rotatable bonds is 0. The third-order valence-electron chi connectivity index (χ3n) is 1.01. The van der Waals surface area contributed by atoms with Crippen LogP contribution in [-0.2, 0) is 0 Å². The highest BCUT2D eigenvalue weighted by atomic mass is 31.1. The quantitative estimate of drug-likeness (QED) is 0.408. The molecule has 0 spiro atoms. The molecule has 0 aromatic carbocycles. The van der Waals surface area contributed by atoms with Crippen LogP contribution in [0.25, 0.3) is 0 Å². The first-order valence-electron chi connectivity index (χ1n) is 2.28. The van der Waals surface area contributed by atoms with Crippen molar-refractivity contribution in [3.63, 3.8) is 0 Å². The van der Waals surface area contributed by atoms with Crippen molar-refractivity contribution in [2.45, 2.75) is 13.3 Å². The van der Waals surface area contributed by atoms with Gasteiger partial charge in [0.05, 0.1) is 0 Å². The van der Waals surface area contributed by atoms with Gasteiger partial charge < -0.3 is 0 Å². The van der Waals surface area contributed by atoms with E-state index in [0.29, 0.717) is 0 Å². The Morgan fingerprint density at radius 3 is 2.83 bits per heavy atom. The van der Waals surface area contributed by atoms with Crippen LogP contribution in [0.2, 0.25) is 0 Å². The van der Waals surface area contributed by atoms with E-state index in [0.717, 1.165) is 8.58 Å². The van der Waals surface area contributed by atoms with Crippen molar-refractivity contribution in [3.8, 4) is 0 Å². The Balaban J connectivity index is 2.45. The van der Waals surface area contributed by atoms with Crippen molar-refractivity contribution in [3.05, 3.63) is 11.4 Å². The minimum atomic E-state index is 1.13. The van der Waals surface area contributed by atoms with E-state index in [1.807, 2.05) is 0 Å². The lowest BCUT2D eigenvalue weighted by Crippen LogP contribution is -1.65. The van der Waals surface area contributed by atoms with Gasteiger partial charge in [-0.1, -0.05) is 20.0 Å². The summed E-state index contributed by atoms with van der Waals surface area (Å²) in [5, 5.41) is 0. The van der Waals surface area contributed by atoms with Crippen LogP contribution in [0.5, 0.6) is 0 Å². The third kappa shape index (κ3) is 0.815. The van der Waals surface area contributed by atoms with Crippen LogP contribution < -0.4 is 0 Å². The van der Waals surface area contributed by atoms with Crippen LogP contribution in [0.3, 0.4) is 0 Å². The van der Waals surface area contributed by atoms with Crippen molar-refractivity contribution in [2.24, 2.45) is 0 Å². The predicted octanol–water partition coefficient (Wildman–Crippen LogP) is 1.97. The molecule has 0 bridgehead atoms. The molecule has 0 aromatic rings. The zero-order valence-corrected chi connectivity index (χ0v) is 4.99. The molecule has 1 atom stereocenters. The Morgan fingerprint density at radius 2 is 2.67 bits per heavy atom. The largest absolute Gasteiger partial charge is 0.0981 e. The molecule has 0 aromatic heterocycles. The summed E-state index contributed by atoms with van der Waals surface area (Å²) < 4.78 is 0. The fourth-order valence-electron chi connectivity index (χ4n) is 0.588. The summed E-state index contributed by atoms with van der Waals surface area (Å²) >= 11 is 0. The molecule has 0 saturated heterocycles. The molecule has 6 heavy (non-hydrogen) atoms. The Labute approximate surface area is 40.4 Å². The molecule has 1 unspecified atom stereocenters. The average molecular weight is 100 g/mol. The first-order chi connectivity index (χ1) is 2.89. The first-order valence-corrected chi connectivity index (χ1v) is 3.57. The second-order valence-electron chi connectivity index (χ2n) is 1.69. The van der Waals surface area contributed by atoms with Crippen LogP contribution in [0.4, 0.5) is 0 Å². The molecular weight excluding hydrogens is 91.0 g/mol. The minimum Gasteiger partial charge on any atom is -0.0981 e. The summed E-state index contributed by atoms with van der Waals surface area (Å²) in [6.45, 7) is 2.21. The summed E-state index contributed by atoms with van der Waals surface area (Å²) in [6.07, 6.45) is 2.78. The highest BCUT2D eigenvalue weighted by Gasteiger charge is 1.94. The number of allylic oxidation sites excluding steroid dienone is 1. The van der Waals surface area contributed by atoms with Crippen molar-refractivity contribution in [2.75, 3.05) is 6.16 Å². The van der Waals surface area contributed by atoms with Crippen LogP contribution in [0.15, 0.2) is 11.4 Å². The van der Waals surface area contributed by atoms with Crippen LogP contribution in [0, 0.1) is 0 Å². The van der Waals surface area contributed by atoms with Crippen molar-refractivity contribution >= 4 is 8.58 Å². The standard InChI is InChI=1S/C5H9P/c1-5-2-3-6-4-5/h4,6H,2-3H2,1H3. The second-order valence-corrected chi connectivity index (χ2v) is 2.89. The fraction of sp³-hybridized carbons (Fsp3) is 0.600. The van der Waals surface area contributed by atoms with E-state index in [1.54, 1.807) is 5.57 Å². The summed E-state index contributed by atoms with van der Waals surface area (Å²) in [7, 11) is 1.13. The average Bonchev–Trinajstić information content (AvgIpc) is 1.86. The molecule has 1 heterocycles. The third-order valence-corrected chi connectivity index (χ3v) is 2.25. The maximum absolute atomic E-state index is 2.35. The van der Waals surface area contributed by atoms with E-state index in [-0.39, 0.29) is 0 Å². The second kappa shape index (κ2) is 1.75. The lowest BCUT2D eigenvalue weighted by molar-refractivity contribution is 1.14. The van der Waals surface area contributed by atoms with E-state index >= 15 is 0 Å². The number of hydrogen-bond donors (Lipinski definition) is 0. The van der Waals surface area contributed by atoms with Gasteiger partial charge in [0, 0.05) is 0 Å². The SMILES string of the molecule is CC1=CPCC1. The summed E-state index contributed by atoms with van der Waals surface area (Å²) in [5.74, 6) is 2.35. The van der Waals surface area contributed by atoms with E-state index in [4.69, 9.17) is 0 Å². The smallest absolute Gasteiger partial charge is 0.0280 e. The zero-order chi connectivity index (χ0) is 4.41. The van der Waals surface area contributed by atoms with Gasteiger partial charge in [-0.05, 0) is 19.5 Å². The lowest BCUT2D eigenvalue weighted by atomic mass is 10.3. The monoisotopic (exact) mass is 100 g/mol. The molecule has 1 aliphatic rings. The molecule has 0 aliphatic carbocycles. The van der Waals surface area contributed by atoms with Gasteiger partial charge in [-0.3, -0.25) is 0 Å². The molecule has 1 heteroatoms. The van der Waals surface area contributed by atoms with Crippen LogP contribution >= 0.6 is 8.58 Å². The molecule has 0 nitrogen and oxygen atoms in total. The minimum absolute atomic E-state index is 1.13. The zero-order valence-electron chi connectivity index (χ0n) is 3.99. The van der Waals surface area contributed by atoms with Gasteiger partial charge in [-0.2, -0.15) is 0 Å². The fourth-order valence-corrected chi connectivity index (χ4v) is 1.76. The predicted molar refractivity (Wildman–Crippen MR) is 31.6 cm³/mol. The van der Waals surface area contributed by atoms with Crippen LogP contribution in [-0.4, -0.2) is 6.16 Å². The van der Waals surface area contributed by atoms with Gasteiger partial charge in [-0.15, -0.1) is 0 Å². The molecule has 1 aliphatic heterocycles. The van der Waals surface area contributed by atoms with E-state index in [1.165, 1.54) is 12.6 Å². The van der Waals surface area contributed by atoms with Gasteiger partial charge in [-0.25, -0.2) is 0 Å². The topological polar surface area (TPSA) is 0 Å². The summed E-state index contributed by atoms with van der Waals surface area (Å²) in [4.78, 5) is 0. The van der Waals surface area contributed by atoms with E-state index < -0.39 is 0 Å². The Hall–Kier alpha value is 0.170. The first kappa shape index (κ1) is 4.33. The van der Waals surface area contributed by atoms with Crippen molar-refractivity contribution < 1.29 is 0 Å². The molecule has 0 saturated carbocycles. The van der Waals surface area contributed by atoms with Gasteiger partial charge in [0.15, 0.2) is 0 Å². The molecule has 0 radical (unpaired) electrons. The maximum Gasteiger partial charge on any atom is -0.0280 e. The summed E-state index contributed by atoms with van der Waals surface area (Å²) in [5.41, 5.74) is 1.59. The normalized spacial score (nSPS) is 25.2. The molecule has 0 N–H and O–H groups in total. The Morgan fingerprint density at radius 1 is 1.83 bits per heavy atom. The van der Waals surface area contributed by atoms with Gasteiger partial charge in [0.1, 0.15) is 0 Å². The summed E-state index contributed by atoms with van der Waals surface area (Å²) in [6, 6.07) is 0. The van der Waals surface area contributed by atoms with Crippen molar-refractivity contribution in [1.82, 2.24) is 0 Å². The van der Waals surface area contributed by atoms with E-state index in [2.05, 4.69) is 12.7 Å². The maximum atomic E-state index is 2.35. The van der Waals surface area contributed by atoms with E-state index in [9.17, 15) is 0 Å². The highest BCUT2D eigenvalue weighted by Crippen LogP contribution is 2.26. The van der Waals surface area contributed by atoms with Gasteiger partial charge >= 0.3 is 0 Å². The van der Waals surface area contributed by atoms with Crippen molar-refractivity contribution in [1.29, 1.82) is 0 Å². The molecule has 0 amide bonds. The molecule has 34 valence electrons. The lowest BCUT2D eigenvalue weighted by Gasteiger charge is -1.79. The highest BCUT2D eigenvalue weighted by molar-refractivity contribution is 7.42. The molecule has 0 fully saturated rings. The van der Waals surface area contributed by atoms with Crippen LogP contribution in [0.1, 0.15) is 13.3 Å².